The van der Waals surface area contributed by atoms with E-state index in [0.29, 0.717) is 11.4 Å². The summed E-state index contributed by atoms with van der Waals surface area (Å²) >= 11 is 2.01. The third-order valence-corrected chi connectivity index (χ3v) is 5.51. The first kappa shape index (κ1) is 14.6. The molecule has 2 aliphatic heterocycles. The molecule has 5 nitrogen and oxygen atoms in total. The number of thioether (sulfide) groups is 1. The lowest BCUT2D eigenvalue weighted by Gasteiger charge is -2.43. The number of hydrogen-bond acceptors (Lipinski definition) is 6. The van der Waals surface area contributed by atoms with Crippen molar-refractivity contribution in [2.45, 2.75) is 12.0 Å². The van der Waals surface area contributed by atoms with Crippen molar-refractivity contribution in [2.24, 2.45) is 0 Å². The van der Waals surface area contributed by atoms with Crippen LogP contribution in [0.3, 0.4) is 0 Å². The minimum atomic E-state index is 0.165. The summed E-state index contributed by atoms with van der Waals surface area (Å²) in [5, 5.41) is 12.6. The van der Waals surface area contributed by atoms with Crippen molar-refractivity contribution in [1.82, 2.24) is 9.88 Å². The van der Waals surface area contributed by atoms with Crippen LogP contribution >= 0.6 is 11.8 Å². The second-order valence-corrected chi connectivity index (χ2v) is 6.60. The average Bonchev–Trinajstić information content (AvgIpc) is 3.04. The Morgan fingerprint density at radius 1 is 1.48 bits per heavy atom. The van der Waals surface area contributed by atoms with E-state index < -0.39 is 0 Å². The summed E-state index contributed by atoms with van der Waals surface area (Å²) in [7, 11) is 0. The SMILES string of the molecule is N#Cc1cccnc1NCC1(N2CCOCC2)CCSC1. The van der Waals surface area contributed by atoms with Gasteiger partial charge in [0.1, 0.15) is 11.9 Å². The minimum absolute atomic E-state index is 0.165. The van der Waals surface area contributed by atoms with Crippen molar-refractivity contribution < 1.29 is 4.74 Å². The number of morpholine rings is 1. The summed E-state index contributed by atoms with van der Waals surface area (Å²) in [6.07, 6.45) is 2.91. The van der Waals surface area contributed by atoms with Crippen LogP contribution in [0.2, 0.25) is 0 Å². The molecule has 0 radical (unpaired) electrons. The van der Waals surface area contributed by atoms with Crippen LogP contribution in [-0.2, 0) is 4.74 Å². The van der Waals surface area contributed by atoms with Crippen molar-refractivity contribution >= 4 is 17.6 Å². The van der Waals surface area contributed by atoms with Gasteiger partial charge in [-0.05, 0) is 24.3 Å². The number of nitriles is 1. The molecule has 0 bridgehead atoms. The van der Waals surface area contributed by atoms with E-state index in [1.165, 1.54) is 12.2 Å². The smallest absolute Gasteiger partial charge is 0.143 e. The number of ether oxygens (including phenoxy) is 1. The number of hydrogen-bond donors (Lipinski definition) is 1. The van der Waals surface area contributed by atoms with Crippen molar-refractivity contribution in [1.29, 1.82) is 5.26 Å². The fourth-order valence-corrected chi connectivity index (χ4v) is 4.50. The van der Waals surface area contributed by atoms with Gasteiger partial charge in [-0.25, -0.2) is 4.98 Å². The predicted octanol–water partition coefficient (Wildman–Crippen LogP) is 1.57. The van der Waals surface area contributed by atoms with Gasteiger partial charge in [-0.15, -0.1) is 0 Å². The Labute approximate surface area is 129 Å². The van der Waals surface area contributed by atoms with E-state index in [2.05, 4.69) is 21.3 Å². The molecule has 0 aromatic carbocycles. The van der Waals surface area contributed by atoms with Crippen LogP contribution in [-0.4, -0.2) is 59.8 Å². The van der Waals surface area contributed by atoms with Gasteiger partial charge in [-0.3, -0.25) is 4.90 Å². The maximum absolute atomic E-state index is 9.16. The highest BCUT2D eigenvalue weighted by Crippen LogP contribution is 2.34. The molecule has 0 amide bonds. The second-order valence-electron chi connectivity index (χ2n) is 5.49. The van der Waals surface area contributed by atoms with Crippen molar-refractivity contribution in [3.05, 3.63) is 23.9 Å². The van der Waals surface area contributed by atoms with Crippen molar-refractivity contribution in [3.8, 4) is 6.07 Å². The van der Waals surface area contributed by atoms with Gasteiger partial charge in [0, 0.05) is 37.1 Å². The van der Waals surface area contributed by atoms with Crippen LogP contribution in [0.25, 0.3) is 0 Å². The summed E-state index contributed by atoms with van der Waals surface area (Å²) < 4.78 is 5.48. The number of aromatic nitrogens is 1. The zero-order valence-corrected chi connectivity index (χ0v) is 12.9. The number of nitrogens with one attached hydrogen (secondary N) is 1. The summed E-state index contributed by atoms with van der Waals surface area (Å²) in [6.45, 7) is 4.47. The molecule has 0 spiro atoms. The third kappa shape index (κ3) is 3.15. The largest absolute Gasteiger partial charge is 0.379 e. The van der Waals surface area contributed by atoms with E-state index >= 15 is 0 Å². The molecule has 1 atom stereocenters. The molecule has 21 heavy (non-hydrogen) atoms. The van der Waals surface area contributed by atoms with Gasteiger partial charge in [0.25, 0.3) is 0 Å². The van der Waals surface area contributed by atoms with Gasteiger partial charge in [-0.2, -0.15) is 17.0 Å². The topological polar surface area (TPSA) is 61.2 Å². The third-order valence-electron chi connectivity index (χ3n) is 4.28. The Balaban J connectivity index is 1.72. The van der Waals surface area contributed by atoms with E-state index in [1.54, 1.807) is 18.3 Å². The molecule has 0 aliphatic carbocycles. The first-order chi connectivity index (χ1) is 10.3. The second kappa shape index (κ2) is 6.65. The van der Waals surface area contributed by atoms with E-state index in [0.717, 1.165) is 38.6 Å². The van der Waals surface area contributed by atoms with Gasteiger partial charge in [0.05, 0.1) is 18.8 Å². The van der Waals surface area contributed by atoms with E-state index in [4.69, 9.17) is 10.00 Å². The molecule has 1 N–H and O–H groups in total. The first-order valence-electron chi connectivity index (χ1n) is 7.34. The molecule has 1 aromatic rings. The quantitative estimate of drug-likeness (QED) is 0.911. The van der Waals surface area contributed by atoms with Crippen LogP contribution in [0, 0.1) is 11.3 Å². The molecule has 1 unspecified atom stereocenters. The van der Waals surface area contributed by atoms with E-state index in [-0.39, 0.29) is 5.54 Å². The molecular formula is C15H20N4OS. The molecule has 2 aliphatic rings. The molecule has 6 heteroatoms. The highest BCUT2D eigenvalue weighted by Gasteiger charge is 2.40. The number of nitrogens with zero attached hydrogens (tertiary/aromatic N) is 3. The van der Waals surface area contributed by atoms with Crippen LogP contribution in [0.4, 0.5) is 5.82 Å². The van der Waals surface area contributed by atoms with Crippen LogP contribution in [0.5, 0.6) is 0 Å². The number of pyridine rings is 1. The number of anilines is 1. The molecule has 3 rings (SSSR count). The lowest BCUT2D eigenvalue weighted by atomic mass is 9.95. The van der Waals surface area contributed by atoms with Crippen molar-refractivity contribution in [3.63, 3.8) is 0 Å². The van der Waals surface area contributed by atoms with Gasteiger partial charge in [0.15, 0.2) is 0 Å². The normalized spacial score (nSPS) is 26.4. The van der Waals surface area contributed by atoms with Gasteiger partial charge < -0.3 is 10.1 Å². The Bertz CT molecular complexity index is 519. The zero-order valence-electron chi connectivity index (χ0n) is 12.0. The van der Waals surface area contributed by atoms with Gasteiger partial charge in [0.2, 0.25) is 0 Å². The fraction of sp³-hybridized carbons (Fsp3) is 0.600. The number of rotatable bonds is 4. The van der Waals surface area contributed by atoms with E-state index in [9.17, 15) is 0 Å². The standard InChI is InChI=1S/C15H20N4OS/c16-10-13-2-1-4-17-14(13)18-11-15(3-9-21-12-15)19-5-7-20-8-6-19/h1-2,4H,3,5-9,11-12H2,(H,17,18). The van der Waals surface area contributed by atoms with Crippen molar-refractivity contribution in [2.75, 3.05) is 49.7 Å². The maximum atomic E-state index is 9.16. The Hall–Kier alpha value is -1.29. The molecule has 0 saturated carbocycles. The van der Waals surface area contributed by atoms with Gasteiger partial charge >= 0.3 is 0 Å². The highest BCUT2D eigenvalue weighted by atomic mass is 32.2. The Morgan fingerprint density at radius 3 is 3.05 bits per heavy atom. The van der Waals surface area contributed by atoms with Crippen LogP contribution in [0.15, 0.2) is 18.3 Å². The average molecular weight is 304 g/mol. The van der Waals surface area contributed by atoms with Crippen LogP contribution < -0.4 is 5.32 Å². The molecule has 3 heterocycles. The molecule has 112 valence electrons. The highest BCUT2D eigenvalue weighted by molar-refractivity contribution is 7.99. The zero-order chi connectivity index (χ0) is 14.5. The Kier molecular flexibility index (Phi) is 4.63. The summed E-state index contributed by atoms with van der Waals surface area (Å²) in [5.41, 5.74) is 0.777. The first-order valence-corrected chi connectivity index (χ1v) is 8.49. The monoisotopic (exact) mass is 304 g/mol. The molecular weight excluding hydrogens is 284 g/mol. The lowest BCUT2D eigenvalue weighted by molar-refractivity contribution is -0.00922. The summed E-state index contributed by atoms with van der Waals surface area (Å²) in [4.78, 5) is 6.86. The molecule has 2 fully saturated rings. The minimum Gasteiger partial charge on any atom is -0.379 e. The molecule has 2 saturated heterocycles. The lowest BCUT2D eigenvalue weighted by Crippen LogP contribution is -2.57. The van der Waals surface area contributed by atoms with Crippen LogP contribution in [0.1, 0.15) is 12.0 Å². The maximum Gasteiger partial charge on any atom is 0.143 e. The fourth-order valence-electron chi connectivity index (χ4n) is 3.02. The van der Waals surface area contributed by atoms with E-state index in [1.807, 2.05) is 11.8 Å². The summed E-state index contributed by atoms with van der Waals surface area (Å²) in [6, 6.07) is 5.80. The van der Waals surface area contributed by atoms with Gasteiger partial charge in [-0.1, -0.05) is 0 Å². The predicted molar refractivity (Wildman–Crippen MR) is 84.5 cm³/mol. The Morgan fingerprint density at radius 2 is 2.33 bits per heavy atom. The summed E-state index contributed by atoms with van der Waals surface area (Å²) in [5.74, 6) is 3.03. The molecule has 1 aromatic heterocycles.